The quantitative estimate of drug-likeness (QED) is 0.561. The van der Waals surface area contributed by atoms with Crippen molar-refractivity contribution in [2.24, 2.45) is 0 Å². The first kappa shape index (κ1) is 12.9. The predicted octanol–water partition coefficient (Wildman–Crippen LogP) is 1.59. The van der Waals surface area contributed by atoms with Crippen LogP contribution < -0.4 is 0 Å². The molecule has 0 saturated heterocycles. The van der Waals surface area contributed by atoms with Gasteiger partial charge in [0, 0.05) is 13.7 Å². The van der Waals surface area contributed by atoms with Crippen LogP contribution in [0.3, 0.4) is 0 Å². The summed E-state index contributed by atoms with van der Waals surface area (Å²) in [5.74, 6) is 0. The summed E-state index contributed by atoms with van der Waals surface area (Å²) in [5.41, 5.74) is 0. The molecule has 80 valence electrons. The van der Waals surface area contributed by atoms with E-state index in [2.05, 4.69) is 6.92 Å². The first-order chi connectivity index (χ1) is 6.31. The number of aliphatic hydroxyl groups excluding tert-OH is 1. The second-order valence-corrected chi connectivity index (χ2v) is 3.24. The van der Waals surface area contributed by atoms with E-state index in [-0.39, 0.29) is 0 Å². The topological polar surface area (TPSA) is 38.7 Å². The van der Waals surface area contributed by atoms with Crippen LogP contribution in [0.25, 0.3) is 0 Å². The van der Waals surface area contributed by atoms with Gasteiger partial charge >= 0.3 is 0 Å². The SMILES string of the molecule is CCCCCCOCC(O)COC. The maximum atomic E-state index is 9.20. The van der Waals surface area contributed by atoms with Crippen molar-refractivity contribution in [2.75, 3.05) is 26.9 Å². The predicted molar refractivity (Wildman–Crippen MR) is 52.8 cm³/mol. The molecule has 0 radical (unpaired) electrons. The molecular formula is C10H22O3. The highest BCUT2D eigenvalue weighted by Crippen LogP contribution is 1.99. The molecule has 0 spiro atoms. The summed E-state index contributed by atoms with van der Waals surface area (Å²) in [5, 5.41) is 9.20. The van der Waals surface area contributed by atoms with E-state index >= 15 is 0 Å². The molecule has 0 amide bonds. The number of methoxy groups -OCH3 is 1. The van der Waals surface area contributed by atoms with E-state index in [0.29, 0.717) is 13.2 Å². The van der Waals surface area contributed by atoms with Gasteiger partial charge in [0.05, 0.1) is 13.2 Å². The minimum atomic E-state index is -0.476. The molecule has 0 aliphatic carbocycles. The van der Waals surface area contributed by atoms with Crippen LogP contribution in [0.4, 0.5) is 0 Å². The van der Waals surface area contributed by atoms with Gasteiger partial charge in [-0.3, -0.25) is 0 Å². The Hall–Kier alpha value is -0.120. The van der Waals surface area contributed by atoms with Crippen molar-refractivity contribution in [1.82, 2.24) is 0 Å². The van der Waals surface area contributed by atoms with Crippen molar-refractivity contribution in [2.45, 2.75) is 38.7 Å². The average molecular weight is 190 g/mol. The fraction of sp³-hybridized carbons (Fsp3) is 1.00. The first-order valence-electron chi connectivity index (χ1n) is 5.06. The van der Waals surface area contributed by atoms with Gasteiger partial charge in [-0.15, -0.1) is 0 Å². The Morgan fingerprint density at radius 1 is 1.15 bits per heavy atom. The highest BCUT2D eigenvalue weighted by atomic mass is 16.5. The molecular weight excluding hydrogens is 168 g/mol. The van der Waals surface area contributed by atoms with Crippen LogP contribution in [0.15, 0.2) is 0 Å². The van der Waals surface area contributed by atoms with Gasteiger partial charge in [0.15, 0.2) is 0 Å². The zero-order valence-corrected chi connectivity index (χ0v) is 8.79. The Labute approximate surface area is 81.0 Å². The van der Waals surface area contributed by atoms with Crippen LogP contribution in [0, 0.1) is 0 Å². The molecule has 1 unspecified atom stereocenters. The van der Waals surface area contributed by atoms with Crippen molar-refractivity contribution in [3.05, 3.63) is 0 Å². The Morgan fingerprint density at radius 3 is 2.54 bits per heavy atom. The lowest BCUT2D eigenvalue weighted by molar-refractivity contribution is -0.00682. The van der Waals surface area contributed by atoms with Gasteiger partial charge in [0.25, 0.3) is 0 Å². The van der Waals surface area contributed by atoms with Crippen LogP contribution in [0.1, 0.15) is 32.6 Å². The fourth-order valence-electron chi connectivity index (χ4n) is 1.09. The van der Waals surface area contributed by atoms with Crippen molar-refractivity contribution in [3.8, 4) is 0 Å². The van der Waals surface area contributed by atoms with Crippen molar-refractivity contribution in [1.29, 1.82) is 0 Å². The number of hydrogen-bond donors (Lipinski definition) is 1. The van der Waals surface area contributed by atoms with E-state index in [9.17, 15) is 5.11 Å². The largest absolute Gasteiger partial charge is 0.388 e. The van der Waals surface area contributed by atoms with Gasteiger partial charge < -0.3 is 14.6 Å². The van der Waals surface area contributed by atoms with Gasteiger partial charge in [0.2, 0.25) is 0 Å². The molecule has 0 bridgehead atoms. The standard InChI is InChI=1S/C10H22O3/c1-3-4-5-6-7-13-9-10(11)8-12-2/h10-11H,3-9H2,1-2H3. The molecule has 0 aromatic rings. The summed E-state index contributed by atoms with van der Waals surface area (Å²) < 4.78 is 10.0. The Kier molecular flexibility index (Phi) is 9.87. The molecule has 0 aromatic carbocycles. The Morgan fingerprint density at radius 2 is 1.92 bits per heavy atom. The summed E-state index contributed by atoms with van der Waals surface area (Å²) >= 11 is 0. The highest BCUT2D eigenvalue weighted by Gasteiger charge is 2.01. The van der Waals surface area contributed by atoms with E-state index in [1.54, 1.807) is 7.11 Å². The number of rotatable bonds is 9. The molecule has 0 aliphatic heterocycles. The third kappa shape index (κ3) is 9.80. The molecule has 0 rings (SSSR count). The van der Waals surface area contributed by atoms with E-state index in [1.165, 1.54) is 19.3 Å². The zero-order valence-electron chi connectivity index (χ0n) is 8.79. The summed E-state index contributed by atoms with van der Waals surface area (Å²) in [6, 6.07) is 0. The number of unbranched alkanes of at least 4 members (excludes halogenated alkanes) is 3. The van der Waals surface area contributed by atoms with Crippen LogP contribution >= 0.6 is 0 Å². The molecule has 13 heavy (non-hydrogen) atoms. The van der Waals surface area contributed by atoms with Gasteiger partial charge in [-0.2, -0.15) is 0 Å². The number of aliphatic hydroxyl groups is 1. The summed E-state index contributed by atoms with van der Waals surface area (Å²) in [6.45, 7) is 3.68. The van der Waals surface area contributed by atoms with Gasteiger partial charge in [-0.05, 0) is 6.42 Å². The van der Waals surface area contributed by atoms with Crippen molar-refractivity contribution >= 4 is 0 Å². The van der Waals surface area contributed by atoms with Crippen LogP contribution in [-0.2, 0) is 9.47 Å². The molecule has 0 fully saturated rings. The summed E-state index contributed by atoms with van der Waals surface area (Å²) in [4.78, 5) is 0. The van der Waals surface area contributed by atoms with Gasteiger partial charge in [-0.25, -0.2) is 0 Å². The van der Waals surface area contributed by atoms with Gasteiger partial charge in [-0.1, -0.05) is 26.2 Å². The third-order valence-corrected chi connectivity index (χ3v) is 1.81. The fourth-order valence-corrected chi connectivity index (χ4v) is 1.09. The summed E-state index contributed by atoms with van der Waals surface area (Å²) in [6.07, 6.45) is 4.34. The van der Waals surface area contributed by atoms with Crippen molar-refractivity contribution in [3.63, 3.8) is 0 Å². The minimum Gasteiger partial charge on any atom is -0.388 e. The maximum Gasteiger partial charge on any atom is 0.101 e. The second kappa shape index (κ2) is 9.96. The smallest absolute Gasteiger partial charge is 0.101 e. The number of hydrogen-bond acceptors (Lipinski definition) is 3. The van der Waals surface area contributed by atoms with E-state index in [4.69, 9.17) is 9.47 Å². The molecule has 1 N–H and O–H groups in total. The summed E-state index contributed by atoms with van der Waals surface area (Å²) in [7, 11) is 1.57. The molecule has 3 nitrogen and oxygen atoms in total. The maximum absolute atomic E-state index is 9.20. The number of ether oxygens (including phenoxy) is 2. The Balaban J connectivity index is 2.97. The van der Waals surface area contributed by atoms with E-state index < -0.39 is 6.10 Å². The lowest BCUT2D eigenvalue weighted by atomic mass is 10.2. The normalized spacial score (nSPS) is 13.2. The van der Waals surface area contributed by atoms with Crippen LogP contribution in [-0.4, -0.2) is 38.1 Å². The van der Waals surface area contributed by atoms with Crippen molar-refractivity contribution < 1.29 is 14.6 Å². The molecule has 0 saturated carbocycles. The van der Waals surface area contributed by atoms with Gasteiger partial charge in [0.1, 0.15) is 6.10 Å². The van der Waals surface area contributed by atoms with E-state index in [0.717, 1.165) is 13.0 Å². The highest BCUT2D eigenvalue weighted by molar-refractivity contribution is 4.50. The van der Waals surface area contributed by atoms with E-state index in [1.807, 2.05) is 0 Å². The molecule has 0 aliphatic rings. The monoisotopic (exact) mass is 190 g/mol. The zero-order chi connectivity index (χ0) is 9.94. The van der Waals surface area contributed by atoms with Crippen LogP contribution in [0.5, 0.6) is 0 Å². The molecule has 3 heteroatoms. The lowest BCUT2D eigenvalue weighted by Gasteiger charge is -2.09. The lowest BCUT2D eigenvalue weighted by Crippen LogP contribution is -2.21. The average Bonchev–Trinajstić information content (AvgIpc) is 2.11. The Bertz CT molecular complexity index is 96.2. The molecule has 0 aromatic heterocycles. The third-order valence-electron chi connectivity index (χ3n) is 1.81. The minimum absolute atomic E-state index is 0.356. The second-order valence-electron chi connectivity index (χ2n) is 3.24. The van der Waals surface area contributed by atoms with Crippen LogP contribution in [0.2, 0.25) is 0 Å². The first-order valence-corrected chi connectivity index (χ1v) is 5.06. The molecule has 0 heterocycles. The molecule has 1 atom stereocenters.